The van der Waals surface area contributed by atoms with E-state index in [0.29, 0.717) is 5.02 Å². The number of hydrogen-bond acceptors (Lipinski definition) is 2. The Bertz CT molecular complexity index is 697. The SMILES string of the molecule is Cc1ccc2c(c1)C(Nc1ccc(Cl)cc1C)C(=O)N2. The summed E-state index contributed by atoms with van der Waals surface area (Å²) in [6.45, 7) is 3.99. The van der Waals surface area contributed by atoms with Crippen LogP contribution in [0.3, 0.4) is 0 Å². The van der Waals surface area contributed by atoms with Crippen LogP contribution in [0, 0.1) is 13.8 Å². The molecule has 1 atom stereocenters. The highest BCUT2D eigenvalue weighted by molar-refractivity contribution is 6.30. The summed E-state index contributed by atoms with van der Waals surface area (Å²) in [4.78, 5) is 12.1. The molecular weight excluding hydrogens is 272 g/mol. The van der Waals surface area contributed by atoms with Crippen LogP contribution in [0.4, 0.5) is 11.4 Å². The second-order valence-electron chi connectivity index (χ2n) is 5.12. The molecule has 102 valence electrons. The maximum atomic E-state index is 12.1. The molecule has 3 nitrogen and oxygen atoms in total. The average Bonchev–Trinajstić information content (AvgIpc) is 2.69. The Morgan fingerprint density at radius 3 is 2.70 bits per heavy atom. The standard InChI is InChI=1S/C16H15ClN2O/c1-9-3-5-14-12(7-9)15(16(20)19-14)18-13-6-4-11(17)8-10(13)2/h3-8,15,18H,1-2H3,(H,19,20). The molecule has 1 aliphatic rings. The Labute approximate surface area is 123 Å². The van der Waals surface area contributed by atoms with Gasteiger partial charge in [-0.25, -0.2) is 0 Å². The van der Waals surface area contributed by atoms with Crippen molar-refractivity contribution in [1.29, 1.82) is 0 Å². The van der Waals surface area contributed by atoms with Gasteiger partial charge in [0.25, 0.3) is 5.91 Å². The van der Waals surface area contributed by atoms with E-state index in [2.05, 4.69) is 10.6 Å². The lowest BCUT2D eigenvalue weighted by atomic mass is 10.0. The fraction of sp³-hybridized carbons (Fsp3) is 0.188. The van der Waals surface area contributed by atoms with Gasteiger partial charge in [0.05, 0.1) is 0 Å². The zero-order valence-corrected chi connectivity index (χ0v) is 12.1. The van der Waals surface area contributed by atoms with E-state index < -0.39 is 0 Å². The van der Waals surface area contributed by atoms with Gasteiger partial charge < -0.3 is 10.6 Å². The first kappa shape index (κ1) is 13.0. The van der Waals surface area contributed by atoms with Crippen molar-refractivity contribution in [2.45, 2.75) is 19.9 Å². The summed E-state index contributed by atoms with van der Waals surface area (Å²) in [6.07, 6.45) is 0. The fourth-order valence-electron chi connectivity index (χ4n) is 2.47. The van der Waals surface area contributed by atoms with Crippen molar-refractivity contribution in [1.82, 2.24) is 0 Å². The van der Waals surface area contributed by atoms with Gasteiger partial charge in [-0.05, 0) is 43.7 Å². The lowest BCUT2D eigenvalue weighted by molar-refractivity contribution is -0.116. The zero-order valence-electron chi connectivity index (χ0n) is 11.3. The van der Waals surface area contributed by atoms with Crippen LogP contribution in [0.2, 0.25) is 5.02 Å². The Morgan fingerprint density at radius 2 is 1.95 bits per heavy atom. The Balaban J connectivity index is 1.95. The molecule has 1 amide bonds. The van der Waals surface area contributed by atoms with Crippen molar-refractivity contribution < 1.29 is 4.79 Å². The first-order valence-electron chi connectivity index (χ1n) is 6.49. The van der Waals surface area contributed by atoms with Gasteiger partial charge >= 0.3 is 0 Å². The predicted molar refractivity (Wildman–Crippen MR) is 82.4 cm³/mol. The summed E-state index contributed by atoms with van der Waals surface area (Å²) in [5.41, 5.74) is 4.95. The molecule has 2 aromatic carbocycles. The minimum atomic E-state index is -0.357. The van der Waals surface area contributed by atoms with Crippen molar-refractivity contribution in [2.75, 3.05) is 10.6 Å². The number of fused-ring (bicyclic) bond motifs is 1. The molecule has 0 bridgehead atoms. The third-order valence-electron chi connectivity index (χ3n) is 3.53. The number of benzene rings is 2. The number of aryl methyl sites for hydroxylation is 2. The van der Waals surface area contributed by atoms with Gasteiger partial charge in [0.15, 0.2) is 0 Å². The van der Waals surface area contributed by atoms with Crippen LogP contribution in [0.1, 0.15) is 22.7 Å². The van der Waals surface area contributed by atoms with Crippen LogP contribution in [-0.2, 0) is 4.79 Å². The second kappa shape index (κ2) is 4.84. The first-order valence-corrected chi connectivity index (χ1v) is 6.86. The lowest BCUT2D eigenvalue weighted by Gasteiger charge is -2.15. The van der Waals surface area contributed by atoms with E-state index in [9.17, 15) is 4.79 Å². The molecule has 20 heavy (non-hydrogen) atoms. The first-order chi connectivity index (χ1) is 9.54. The van der Waals surface area contributed by atoms with Crippen LogP contribution in [0.15, 0.2) is 36.4 Å². The summed E-state index contributed by atoms with van der Waals surface area (Å²) >= 11 is 5.96. The van der Waals surface area contributed by atoms with Gasteiger partial charge in [0.1, 0.15) is 6.04 Å². The maximum absolute atomic E-state index is 12.1. The Hall–Kier alpha value is -2.00. The molecule has 1 heterocycles. The highest BCUT2D eigenvalue weighted by atomic mass is 35.5. The van der Waals surface area contributed by atoms with E-state index in [1.807, 2.05) is 50.2 Å². The van der Waals surface area contributed by atoms with Crippen LogP contribution in [0.5, 0.6) is 0 Å². The number of amides is 1. The van der Waals surface area contributed by atoms with E-state index in [-0.39, 0.29) is 11.9 Å². The van der Waals surface area contributed by atoms with Gasteiger partial charge in [0.2, 0.25) is 0 Å². The average molecular weight is 287 g/mol. The summed E-state index contributed by atoms with van der Waals surface area (Å²) in [6, 6.07) is 11.2. The van der Waals surface area contributed by atoms with E-state index >= 15 is 0 Å². The molecular formula is C16H15ClN2O. The molecule has 0 saturated carbocycles. The summed E-state index contributed by atoms with van der Waals surface area (Å²) < 4.78 is 0. The summed E-state index contributed by atoms with van der Waals surface area (Å²) in [5, 5.41) is 6.89. The summed E-state index contributed by atoms with van der Waals surface area (Å²) in [5.74, 6) is -0.0278. The molecule has 0 spiro atoms. The fourth-order valence-corrected chi connectivity index (χ4v) is 2.70. The van der Waals surface area contributed by atoms with Gasteiger partial charge in [-0.15, -0.1) is 0 Å². The number of halogens is 1. The largest absolute Gasteiger partial charge is 0.370 e. The molecule has 0 aromatic heterocycles. The van der Waals surface area contributed by atoms with Gasteiger partial charge in [-0.1, -0.05) is 29.3 Å². The Kier molecular flexibility index (Phi) is 3.14. The molecule has 0 aliphatic carbocycles. The van der Waals surface area contributed by atoms with E-state index in [0.717, 1.165) is 28.1 Å². The highest BCUT2D eigenvalue weighted by Gasteiger charge is 2.30. The quantitative estimate of drug-likeness (QED) is 0.874. The minimum Gasteiger partial charge on any atom is -0.370 e. The topological polar surface area (TPSA) is 41.1 Å². The Morgan fingerprint density at radius 1 is 1.15 bits per heavy atom. The molecule has 2 N–H and O–H groups in total. The minimum absolute atomic E-state index is 0.0278. The van der Waals surface area contributed by atoms with Crippen molar-refractivity contribution in [3.8, 4) is 0 Å². The van der Waals surface area contributed by atoms with Gasteiger partial charge in [-0.3, -0.25) is 4.79 Å². The monoisotopic (exact) mass is 286 g/mol. The lowest BCUT2D eigenvalue weighted by Crippen LogP contribution is -2.20. The molecule has 0 radical (unpaired) electrons. The van der Waals surface area contributed by atoms with Crippen LogP contribution in [-0.4, -0.2) is 5.91 Å². The number of anilines is 2. The van der Waals surface area contributed by atoms with Gasteiger partial charge in [-0.2, -0.15) is 0 Å². The van der Waals surface area contributed by atoms with Crippen LogP contribution < -0.4 is 10.6 Å². The number of rotatable bonds is 2. The number of nitrogens with one attached hydrogen (secondary N) is 2. The number of carbonyl (C=O) groups is 1. The highest BCUT2D eigenvalue weighted by Crippen LogP contribution is 2.34. The van der Waals surface area contributed by atoms with Gasteiger partial charge in [0, 0.05) is 22.0 Å². The normalized spacial score (nSPS) is 16.8. The molecule has 0 fully saturated rings. The third kappa shape index (κ3) is 2.25. The number of hydrogen-bond donors (Lipinski definition) is 2. The second-order valence-corrected chi connectivity index (χ2v) is 5.55. The molecule has 1 unspecified atom stereocenters. The molecule has 4 heteroatoms. The maximum Gasteiger partial charge on any atom is 0.251 e. The van der Waals surface area contributed by atoms with Crippen molar-refractivity contribution in [3.63, 3.8) is 0 Å². The van der Waals surface area contributed by atoms with E-state index in [1.54, 1.807) is 0 Å². The third-order valence-corrected chi connectivity index (χ3v) is 3.76. The smallest absolute Gasteiger partial charge is 0.251 e. The molecule has 2 aromatic rings. The predicted octanol–water partition coefficient (Wildman–Crippen LogP) is 4.06. The van der Waals surface area contributed by atoms with Crippen LogP contribution >= 0.6 is 11.6 Å². The van der Waals surface area contributed by atoms with E-state index in [4.69, 9.17) is 11.6 Å². The van der Waals surface area contributed by atoms with Crippen molar-refractivity contribution in [2.24, 2.45) is 0 Å². The molecule has 3 rings (SSSR count). The number of carbonyl (C=O) groups excluding carboxylic acids is 1. The van der Waals surface area contributed by atoms with E-state index in [1.165, 1.54) is 0 Å². The van der Waals surface area contributed by atoms with Crippen LogP contribution in [0.25, 0.3) is 0 Å². The molecule has 1 aliphatic heterocycles. The zero-order chi connectivity index (χ0) is 14.3. The molecule has 0 saturated heterocycles. The summed E-state index contributed by atoms with van der Waals surface area (Å²) in [7, 11) is 0. The van der Waals surface area contributed by atoms with Crippen molar-refractivity contribution >= 4 is 28.9 Å². The van der Waals surface area contributed by atoms with Crippen molar-refractivity contribution in [3.05, 3.63) is 58.1 Å².